The standard InChI is InChI=1S/C15H25BrN4O/c1-3-8-20-15(21)14(16)13(10-18-20)19(4-2)12-7-5-6-11(12)9-17/h10-12H,3-9,17H2,1-2H3. The van der Waals surface area contributed by atoms with Crippen molar-refractivity contribution in [1.29, 1.82) is 0 Å². The van der Waals surface area contributed by atoms with Gasteiger partial charge in [-0.25, -0.2) is 4.68 Å². The summed E-state index contributed by atoms with van der Waals surface area (Å²) in [6.45, 7) is 6.38. The molecule has 2 unspecified atom stereocenters. The summed E-state index contributed by atoms with van der Waals surface area (Å²) in [5.74, 6) is 0.509. The summed E-state index contributed by atoms with van der Waals surface area (Å²) in [7, 11) is 0. The molecule has 0 aromatic carbocycles. The minimum Gasteiger partial charge on any atom is -0.366 e. The van der Waals surface area contributed by atoms with Gasteiger partial charge in [0.05, 0.1) is 11.9 Å². The van der Waals surface area contributed by atoms with Gasteiger partial charge >= 0.3 is 0 Å². The van der Waals surface area contributed by atoms with Crippen molar-refractivity contribution >= 4 is 21.6 Å². The SMILES string of the molecule is CCCn1ncc(N(CC)C2CCCC2CN)c(Br)c1=O. The van der Waals surface area contributed by atoms with E-state index < -0.39 is 0 Å². The van der Waals surface area contributed by atoms with Crippen molar-refractivity contribution in [3.8, 4) is 0 Å². The molecule has 118 valence electrons. The lowest BCUT2D eigenvalue weighted by Gasteiger charge is -2.34. The van der Waals surface area contributed by atoms with Gasteiger partial charge in [0.2, 0.25) is 0 Å². The lowest BCUT2D eigenvalue weighted by atomic mass is 10.0. The monoisotopic (exact) mass is 356 g/mol. The minimum atomic E-state index is -0.0462. The molecule has 1 aromatic rings. The minimum absolute atomic E-state index is 0.0462. The van der Waals surface area contributed by atoms with Gasteiger partial charge in [-0.1, -0.05) is 13.3 Å². The topological polar surface area (TPSA) is 64.2 Å². The summed E-state index contributed by atoms with van der Waals surface area (Å²) in [5, 5.41) is 4.32. The van der Waals surface area contributed by atoms with Crippen molar-refractivity contribution in [2.24, 2.45) is 11.7 Å². The molecule has 1 aliphatic carbocycles. The highest BCUT2D eigenvalue weighted by Crippen LogP contribution is 2.34. The Bertz CT molecular complexity index is 531. The second-order valence-electron chi connectivity index (χ2n) is 5.65. The Morgan fingerprint density at radius 1 is 1.48 bits per heavy atom. The fourth-order valence-corrected chi connectivity index (χ4v) is 3.85. The van der Waals surface area contributed by atoms with E-state index in [1.54, 1.807) is 0 Å². The predicted octanol–water partition coefficient (Wildman–Crippen LogP) is 2.37. The van der Waals surface area contributed by atoms with Gasteiger partial charge in [0.1, 0.15) is 4.47 Å². The zero-order valence-electron chi connectivity index (χ0n) is 12.9. The number of anilines is 1. The summed E-state index contributed by atoms with van der Waals surface area (Å²) in [5.41, 5.74) is 6.76. The number of aryl methyl sites for hydroxylation is 1. The van der Waals surface area contributed by atoms with Crippen LogP contribution >= 0.6 is 15.9 Å². The highest BCUT2D eigenvalue weighted by Gasteiger charge is 2.32. The lowest BCUT2D eigenvalue weighted by Crippen LogP contribution is -2.41. The summed E-state index contributed by atoms with van der Waals surface area (Å²) >= 11 is 3.49. The molecule has 1 saturated carbocycles. The van der Waals surface area contributed by atoms with Gasteiger partial charge in [0.25, 0.3) is 5.56 Å². The second-order valence-corrected chi connectivity index (χ2v) is 6.45. The van der Waals surface area contributed by atoms with Crippen LogP contribution < -0.4 is 16.2 Å². The Hall–Kier alpha value is -0.880. The summed E-state index contributed by atoms with van der Waals surface area (Å²) in [6.07, 6.45) is 6.24. The Labute approximate surface area is 134 Å². The smallest absolute Gasteiger partial charge is 0.283 e. The van der Waals surface area contributed by atoms with Gasteiger partial charge in [-0.15, -0.1) is 0 Å². The van der Waals surface area contributed by atoms with Crippen molar-refractivity contribution in [2.75, 3.05) is 18.0 Å². The maximum atomic E-state index is 12.4. The van der Waals surface area contributed by atoms with Crippen LogP contribution in [0.25, 0.3) is 0 Å². The highest BCUT2D eigenvalue weighted by atomic mass is 79.9. The Morgan fingerprint density at radius 2 is 2.24 bits per heavy atom. The zero-order valence-corrected chi connectivity index (χ0v) is 14.5. The van der Waals surface area contributed by atoms with Crippen LogP contribution in [0.3, 0.4) is 0 Å². The molecule has 21 heavy (non-hydrogen) atoms. The Balaban J connectivity index is 2.34. The van der Waals surface area contributed by atoms with Crippen LogP contribution in [-0.4, -0.2) is 28.9 Å². The van der Waals surface area contributed by atoms with Crippen LogP contribution in [0.4, 0.5) is 5.69 Å². The molecular formula is C15H25BrN4O. The normalized spacial score (nSPS) is 21.7. The number of rotatable bonds is 6. The van der Waals surface area contributed by atoms with Crippen molar-refractivity contribution in [1.82, 2.24) is 9.78 Å². The van der Waals surface area contributed by atoms with Crippen LogP contribution in [0.15, 0.2) is 15.5 Å². The molecule has 0 saturated heterocycles. The van der Waals surface area contributed by atoms with E-state index in [4.69, 9.17) is 5.73 Å². The molecule has 0 radical (unpaired) electrons. The van der Waals surface area contributed by atoms with Crippen LogP contribution in [0.1, 0.15) is 39.5 Å². The molecule has 1 heterocycles. The predicted molar refractivity (Wildman–Crippen MR) is 89.7 cm³/mol. The van der Waals surface area contributed by atoms with E-state index >= 15 is 0 Å². The van der Waals surface area contributed by atoms with E-state index in [-0.39, 0.29) is 5.56 Å². The number of nitrogens with two attached hydrogens (primary N) is 1. The van der Waals surface area contributed by atoms with Gasteiger partial charge in [-0.2, -0.15) is 5.10 Å². The second kappa shape index (κ2) is 7.40. The Kier molecular flexibility index (Phi) is 5.81. The average Bonchev–Trinajstić information content (AvgIpc) is 2.95. The van der Waals surface area contributed by atoms with E-state index in [1.807, 2.05) is 13.1 Å². The van der Waals surface area contributed by atoms with Crippen LogP contribution in [0.2, 0.25) is 0 Å². The molecular weight excluding hydrogens is 332 g/mol. The van der Waals surface area contributed by atoms with Crippen LogP contribution in [0.5, 0.6) is 0 Å². The molecule has 5 nitrogen and oxygen atoms in total. The first kappa shape index (κ1) is 16.5. The largest absolute Gasteiger partial charge is 0.366 e. The third-order valence-corrected chi connectivity index (χ3v) is 5.12. The molecule has 1 fully saturated rings. The van der Waals surface area contributed by atoms with E-state index in [2.05, 4.69) is 32.9 Å². The number of halogens is 1. The summed E-state index contributed by atoms with van der Waals surface area (Å²) in [4.78, 5) is 14.7. The molecule has 1 aliphatic rings. The number of aromatic nitrogens is 2. The third-order valence-electron chi connectivity index (χ3n) is 4.37. The number of hydrogen-bond donors (Lipinski definition) is 1. The maximum absolute atomic E-state index is 12.4. The first-order valence-electron chi connectivity index (χ1n) is 7.86. The van der Waals surface area contributed by atoms with Crippen LogP contribution in [0, 0.1) is 5.92 Å². The molecule has 6 heteroatoms. The number of nitrogens with zero attached hydrogens (tertiary/aromatic N) is 3. The van der Waals surface area contributed by atoms with Crippen molar-refractivity contribution in [3.05, 3.63) is 21.0 Å². The quantitative estimate of drug-likeness (QED) is 0.849. The van der Waals surface area contributed by atoms with Crippen molar-refractivity contribution in [2.45, 2.75) is 52.1 Å². The molecule has 2 rings (SSSR count). The van der Waals surface area contributed by atoms with Crippen molar-refractivity contribution in [3.63, 3.8) is 0 Å². The summed E-state index contributed by atoms with van der Waals surface area (Å²) in [6, 6.07) is 0.416. The fraction of sp³-hybridized carbons (Fsp3) is 0.733. The maximum Gasteiger partial charge on any atom is 0.283 e. The van der Waals surface area contributed by atoms with Gasteiger partial charge < -0.3 is 10.6 Å². The van der Waals surface area contributed by atoms with E-state index in [0.29, 0.717) is 29.5 Å². The number of hydrogen-bond acceptors (Lipinski definition) is 4. The molecule has 2 N–H and O–H groups in total. The molecule has 0 bridgehead atoms. The van der Waals surface area contributed by atoms with Gasteiger partial charge in [0.15, 0.2) is 0 Å². The molecule has 1 aromatic heterocycles. The molecule has 0 spiro atoms. The van der Waals surface area contributed by atoms with Gasteiger partial charge in [0, 0.05) is 19.1 Å². The molecule has 0 amide bonds. The zero-order chi connectivity index (χ0) is 15.4. The fourth-order valence-electron chi connectivity index (χ4n) is 3.31. The first-order chi connectivity index (χ1) is 10.1. The summed E-state index contributed by atoms with van der Waals surface area (Å²) < 4.78 is 2.15. The molecule has 2 atom stereocenters. The third kappa shape index (κ3) is 3.31. The molecule has 0 aliphatic heterocycles. The van der Waals surface area contributed by atoms with Crippen LogP contribution in [-0.2, 0) is 6.54 Å². The average molecular weight is 357 g/mol. The van der Waals surface area contributed by atoms with Gasteiger partial charge in [-0.05, 0) is 54.6 Å². The van der Waals surface area contributed by atoms with E-state index in [9.17, 15) is 4.79 Å². The van der Waals surface area contributed by atoms with E-state index in [0.717, 1.165) is 25.1 Å². The van der Waals surface area contributed by atoms with E-state index in [1.165, 1.54) is 17.5 Å². The van der Waals surface area contributed by atoms with Gasteiger partial charge in [-0.3, -0.25) is 4.79 Å². The Morgan fingerprint density at radius 3 is 2.86 bits per heavy atom. The van der Waals surface area contributed by atoms with Crippen molar-refractivity contribution < 1.29 is 0 Å². The first-order valence-corrected chi connectivity index (χ1v) is 8.65. The highest BCUT2D eigenvalue weighted by molar-refractivity contribution is 9.10. The lowest BCUT2D eigenvalue weighted by molar-refractivity contribution is 0.459.